The Morgan fingerprint density at radius 2 is 1.91 bits per heavy atom. The molecule has 1 heterocycles. The second-order valence-corrected chi connectivity index (χ2v) is 9.36. The van der Waals surface area contributed by atoms with Gasteiger partial charge in [-0.2, -0.15) is 0 Å². The van der Waals surface area contributed by atoms with E-state index in [-0.39, 0.29) is 12.1 Å². The molecule has 1 aliphatic heterocycles. The highest BCUT2D eigenvalue weighted by Gasteiger charge is 2.31. The zero-order valence-electron chi connectivity index (χ0n) is 19.5. The monoisotopic (exact) mass is 438 g/mol. The maximum Gasteiger partial charge on any atom is 0.410 e. The van der Waals surface area contributed by atoms with Gasteiger partial charge in [-0.1, -0.05) is 36.4 Å². The van der Waals surface area contributed by atoms with Crippen molar-refractivity contribution in [3.05, 3.63) is 59.9 Å². The summed E-state index contributed by atoms with van der Waals surface area (Å²) in [5.41, 5.74) is 1.03. The first-order chi connectivity index (χ1) is 15.7. The van der Waals surface area contributed by atoms with Gasteiger partial charge in [-0.05, 0) is 75.5 Å². The lowest BCUT2D eigenvalue weighted by Crippen LogP contribution is -2.48. The van der Waals surface area contributed by atoms with E-state index in [2.05, 4.69) is 23.1 Å². The number of piperidine rings is 1. The van der Waals surface area contributed by atoms with Gasteiger partial charge in [0.1, 0.15) is 12.4 Å². The van der Waals surface area contributed by atoms with Crippen LogP contribution in [0.3, 0.4) is 0 Å². The Morgan fingerprint density at radius 3 is 2.62 bits per heavy atom. The van der Waals surface area contributed by atoms with Crippen molar-refractivity contribution in [2.24, 2.45) is 5.92 Å². The van der Waals surface area contributed by atoms with Gasteiger partial charge in [-0.3, -0.25) is 0 Å². The Hall–Kier alpha value is -2.27. The first kappa shape index (κ1) is 22.9. The lowest BCUT2D eigenvalue weighted by molar-refractivity contribution is 0.0598. The Labute approximate surface area is 193 Å². The van der Waals surface area contributed by atoms with E-state index in [1.54, 1.807) is 0 Å². The number of carbonyl (C=O) groups is 1. The average Bonchev–Trinajstić information content (AvgIpc) is 3.27. The third-order valence-electron chi connectivity index (χ3n) is 7.05. The standard InChI is InChI=1S/C27H38N2O3/c1-2-29(27(30)31-21-22-9-5-3-6-10-22)24-15-17-28(18-16-24)20-23-13-14-26(19-23)32-25-11-7-4-8-12-25/h3,5-7,9-12,23-24,26H,2,4,8,13-21H2,1H3/t23-,26?/m1/s1. The Balaban J connectivity index is 1.17. The van der Waals surface area contributed by atoms with Crippen LogP contribution in [0.2, 0.25) is 0 Å². The molecule has 4 rings (SSSR count). The van der Waals surface area contributed by atoms with Crippen molar-refractivity contribution in [2.75, 3.05) is 26.2 Å². The van der Waals surface area contributed by atoms with Crippen molar-refractivity contribution in [2.45, 2.75) is 70.6 Å². The van der Waals surface area contributed by atoms with Crippen molar-refractivity contribution < 1.29 is 14.3 Å². The minimum atomic E-state index is -0.184. The van der Waals surface area contributed by atoms with Crippen molar-refractivity contribution in [1.82, 2.24) is 9.80 Å². The molecule has 2 fully saturated rings. The highest BCUT2D eigenvalue weighted by molar-refractivity contribution is 5.68. The number of nitrogens with zero attached hydrogens (tertiary/aromatic N) is 2. The summed E-state index contributed by atoms with van der Waals surface area (Å²) in [4.78, 5) is 17.2. The van der Waals surface area contributed by atoms with Crippen LogP contribution in [0.5, 0.6) is 0 Å². The molecule has 174 valence electrons. The van der Waals surface area contributed by atoms with Gasteiger partial charge in [-0.15, -0.1) is 0 Å². The molecule has 0 aromatic heterocycles. The van der Waals surface area contributed by atoms with Gasteiger partial charge in [-0.25, -0.2) is 4.79 Å². The molecule has 2 atom stereocenters. The number of allylic oxidation sites excluding steroid dienone is 3. The second-order valence-electron chi connectivity index (χ2n) is 9.36. The predicted octanol–water partition coefficient (Wildman–Crippen LogP) is 5.53. The van der Waals surface area contributed by atoms with Gasteiger partial charge >= 0.3 is 6.09 Å². The lowest BCUT2D eigenvalue weighted by Gasteiger charge is -2.38. The van der Waals surface area contributed by atoms with E-state index in [9.17, 15) is 4.79 Å². The van der Waals surface area contributed by atoms with Crippen LogP contribution in [-0.2, 0) is 16.1 Å². The smallest absolute Gasteiger partial charge is 0.410 e. The molecule has 1 unspecified atom stereocenters. The molecule has 0 bridgehead atoms. The Kier molecular flexibility index (Phi) is 8.27. The van der Waals surface area contributed by atoms with Crippen molar-refractivity contribution in [3.63, 3.8) is 0 Å². The van der Waals surface area contributed by atoms with Crippen LogP contribution in [0.4, 0.5) is 4.79 Å². The van der Waals surface area contributed by atoms with E-state index < -0.39 is 0 Å². The molecule has 32 heavy (non-hydrogen) atoms. The highest BCUT2D eigenvalue weighted by Crippen LogP contribution is 2.31. The van der Waals surface area contributed by atoms with Gasteiger partial charge in [0, 0.05) is 32.2 Å². The number of hydrogen-bond acceptors (Lipinski definition) is 4. The molecule has 0 N–H and O–H groups in total. The molecule has 3 aliphatic rings. The Bertz CT molecular complexity index is 783. The number of likely N-dealkylation sites (tertiary alicyclic amines) is 1. The van der Waals surface area contributed by atoms with Crippen LogP contribution in [0, 0.1) is 5.92 Å². The number of hydrogen-bond donors (Lipinski definition) is 0. The Morgan fingerprint density at radius 1 is 1.09 bits per heavy atom. The largest absolute Gasteiger partial charge is 0.491 e. The summed E-state index contributed by atoms with van der Waals surface area (Å²) < 4.78 is 11.8. The third-order valence-corrected chi connectivity index (χ3v) is 7.05. The molecular weight excluding hydrogens is 400 g/mol. The number of ether oxygens (including phenoxy) is 2. The summed E-state index contributed by atoms with van der Waals surface area (Å²) >= 11 is 0. The molecule has 0 spiro atoms. The maximum atomic E-state index is 12.7. The van der Waals surface area contributed by atoms with Gasteiger partial charge in [0.05, 0.1) is 6.10 Å². The van der Waals surface area contributed by atoms with E-state index in [1.807, 2.05) is 42.2 Å². The highest BCUT2D eigenvalue weighted by atomic mass is 16.6. The topological polar surface area (TPSA) is 42.0 Å². The first-order valence-corrected chi connectivity index (χ1v) is 12.4. The van der Waals surface area contributed by atoms with Gasteiger partial charge in [0.25, 0.3) is 0 Å². The van der Waals surface area contributed by atoms with Crippen LogP contribution in [0.1, 0.15) is 57.4 Å². The fourth-order valence-corrected chi connectivity index (χ4v) is 5.29. The summed E-state index contributed by atoms with van der Waals surface area (Å²) in [6.07, 6.45) is 14.6. The van der Waals surface area contributed by atoms with Crippen molar-refractivity contribution in [1.29, 1.82) is 0 Å². The van der Waals surface area contributed by atoms with Crippen LogP contribution in [0.15, 0.2) is 54.3 Å². The number of carbonyl (C=O) groups excluding carboxylic acids is 1. The van der Waals surface area contributed by atoms with Crippen LogP contribution < -0.4 is 0 Å². The zero-order valence-corrected chi connectivity index (χ0v) is 19.5. The number of benzene rings is 1. The third kappa shape index (κ3) is 6.38. The van der Waals surface area contributed by atoms with Gasteiger partial charge in [0.15, 0.2) is 0 Å². The summed E-state index contributed by atoms with van der Waals surface area (Å²) in [7, 11) is 0. The molecule has 5 nitrogen and oxygen atoms in total. The SMILES string of the molecule is CCN(C(=O)OCc1ccccc1)C1CCN(C[C@@H]2CCC(OC3=CCCC=C3)C2)CC1. The molecule has 0 radical (unpaired) electrons. The number of amides is 1. The molecule has 1 saturated carbocycles. The molecule has 1 aromatic carbocycles. The molecule has 5 heteroatoms. The summed E-state index contributed by atoms with van der Waals surface area (Å²) in [6.45, 7) is 6.36. The van der Waals surface area contributed by atoms with Gasteiger partial charge in [0.2, 0.25) is 0 Å². The predicted molar refractivity (Wildman–Crippen MR) is 127 cm³/mol. The van der Waals surface area contributed by atoms with Crippen molar-refractivity contribution >= 4 is 6.09 Å². The molecule has 1 aromatic rings. The summed E-state index contributed by atoms with van der Waals surface area (Å²) in [6, 6.07) is 10.2. The van der Waals surface area contributed by atoms with E-state index >= 15 is 0 Å². The molecular formula is C27H38N2O3. The number of rotatable bonds is 8. The lowest BCUT2D eigenvalue weighted by atomic mass is 10.0. The first-order valence-electron chi connectivity index (χ1n) is 12.4. The minimum absolute atomic E-state index is 0.184. The molecule has 1 saturated heterocycles. The average molecular weight is 439 g/mol. The van der Waals surface area contributed by atoms with E-state index in [4.69, 9.17) is 9.47 Å². The van der Waals surface area contributed by atoms with Gasteiger partial charge < -0.3 is 19.3 Å². The fraction of sp³-hybridized carbons (Fsp3) is 0.593. The molecule has 2 aliphatic carbocycles. The summed E-state index contributed by atoms with van der Waals surface area (Å²) in [5, 5.41) is 0. The van der Waals surface area contributed by atoms with Crippen molar-refractivity contribution in [3.8, 4) is 0 Å². The van der Waals surface area contributed by atoms with Crippen LogP contribution in [0.25, 0.3) is 0 Å². The maximum absolute atomic E-state index is 12.7. The van der Waals surface area contributed by atoms with Crippen LogP contribution in [-0.4, -0.2) is 54.2 Å². The van der Waals surface area contributed by atoms with E-state index in [1.165, 1.54) is 12.8 Å². The van der Waals surface area contributed by atoms with E-state index in [0.717, 1.165) is 69.0 Å². The normalized spacial score (nSPS) is 24.2. The second kappa shape index (κ2) is 11.6. The zero-order chi connectivity index (χ0) is 22.2. The fourth-order valence-electron chi connectivity index (χ4n) is 5.29. The quantitative estimate of drug-likeness (QED) is 0.535. The van der Waals surface area contributed by atoms with Crippen LogP contribution >= 0.6 is 0 Å². The molecule has 1 amide bonds. The minimum Gasteiger partial charge on any atom is -0.491 e. The summed E-state index contributed by atoms with van der Waals surface area (Å²) in [5.74, 6) is 1.80. The van der Waals surface area contributed by atoms with E-state index in [0.29, 0.717) is 19.3 Å².